The fourth-order valence-electron chi connectivity index (χ4n) is 1.88. The molecule has 116 valence electrons. The summed E-state index contributed by atoms with van der Waals surface area (Å²) >= 11 is 1.17. The largest absolute Gasteiger partial charge is 0.481 e. The van der Waals surface area contributed by atoms with Gasteiger partial charge in [-0.25, -0.2) is 8.42 Å². The predicted octanol–water partition coefficient (Wildman–Crippen LogP) is 1.87. The van der Waals surface area contributed by atoms with E-state index in [0.29, 0.717) is 5.39 Å². The number of rotatable bonds is 6. The van der Waals surface area contributed by atoms with Crippen LogP contribution in [0.5, 0.6) is 0 Å². The van der Waals surface area contributed by atoms with Crippen LogP contribution >= 0.6 is 11.8 Å². The minimum absolute atomic E-state index is 0.0478. The molecule has 0 radical (unpaired) electrons. The number of hydrogen-bond acceptors (Lipinski definition) is 5. The van der Waals surface area contributed by atoms with E-state index < -0.39 is 27.5 Å². The molecule has 0 amide bonds. The number of sulfone groups is 1. The Morgan fingerprint density at radius 3 is 2.23 bits per heavy atom. The third kappa shape index (κ3) is 3.99. The molecule has 2 aromatic rings. The van der Waals surface area contributed by atoms with E-state index in [1.54, 1.807) is 24.3 Å². The Morgan fingerprint density at radius 2 is 1.59 bits per heavy atom. The topological polar surface area (TPSA) is 109 Å². The summed E-state index contributed by atoms with van der Waals surface area (Å²) in [6.07, 6.45) is 0. The lowest BCUT2D eigenvalue weighted by Gasteiger charge is -2.06. The van der Waals surface area contributed by atoms with Crippen molar-refractivity contribution in [1.29, 1.82) is 0 Å². The van der Waals surface area contributed by atoms with Crippen LogP contribution < -0.4 is 0 Å². The molecule has 0 fully saturated rings. The van der Waals surface area contributed by atoms with Crippen molar-refractivity contribution in [1.82, 2.24) is 0 Å². The van der Waals surface area contributed by atoms with Crippen molar-refractivity contribution in [2.75, 3.05) is 11.5 Å². The van der Waals surface area contributed by atoms with Crippen LogP contribution in [0.3, 0.4) is 0 Å². The van der Waals surface area contributed by atoms with Crippen LogP contribution in [0.2, 0.25) is 0 Å². The summed E-state index contributed by atoms with van der Waals surface area (Å²) in [4.78, 5) is 21.8. The Morgan fingerprint density at radius 1 is 0.955 bits per heavy atom. The highest BCUT2D eigenvalue weighted by atomic mass is 32.2. The number of fused-ring (bicyclic) bond motifs is 1. The molecule has 0 spiro atoms. The zero-order chi connectivity index (χ0) is 16.3. The van der Waals surface area contributed by atoms with Crippen LogP contribution in [-0.2, 0) is 19.4 Å². The van der Waals surface area contributed by atoms with Crippen molar-refractivity contribution >= 4 is 44.3 Å². The average Bonchev–Trinajstić information content (AvgIpc) is 2.43. The van der Waals surface area contributed by atoms with Gasteiger partial charge in [0.15, 0.2) is 15.6 Å². The molecule has 0 saturated carbocycles. The minimum atomic E-state index is -3.87. The number of carbonyl (C=O) groups is 2. The highest BCUT2D eigenvalue weighted by Crippen LogP contribution is 2.26. The number of thioether (sulfide) groups is 1. The highest BCUT2D eigenvalue weighted by molar-refractivity contribution is 8.00. The van der Waals surface area contributed by atoms with Gasteiger partial charge in [-0.05, 0) is 35.0 Å². The molecule has 2 N–H and O–H groups in total. The number of hydrogen-bond donors (Lipinski definition) is 2. The Hall–Kier alpha value is -2.06. The Kier molecular flexibility index (Phi) is 4.72. The van der Waals surface area contributed by atoms with Gasteiger partial charge in [-0.15, -0.1) is 11.8 Å². The predicted molar refractivity (Wildman–Crippen MR) is 82.0 cm³/mol. The van der Waals surface area contributed by atoms with Gasteiger partial charge in [0.05, 0.1) is 10.6 Å². The molecule has 0 aliphatic rings. The Balaban J connectivity index is 2.34. The van der Waals surface area contributed by atoms with E-state index in [0.717, 1.165) is 10.3 Å². The van der Waals surface area contributed by atoms with Crippen molar-refractivity contribution in [2.45, 2.75) is 9.79 Å². The first-order chi connectivity index (χ1) is 10.3. The third-order valence-corrected chi connectivity index (χ3v) is 5.40. The third-order valence-electron chi connectivity index (χ3n) is 2.82. The van der Waals surface area contributed by atoms with Gasteiger partial charge in [-0.1, -0.05) is 12.1 Å². The van der Waals surface area contributed by atoms with Crippen molar-refractivity contribution in [3.05, 3.63) is 36.4 Å². The quantitative estimate of drug-likeness (QED) is 0.773. The number of benzene rings is 2. The van der Waals surface area contributed by atoms with Crippen LogP contribution in [-0.4, -0.2) is 42.1 Å². The molecule has 0 heterocycles. The van der Waals surface area contributed by atoms with E-state index in [4.69, 9.17) is 10.2 Å². The van der Waals surface area contributed by atoms with E-state index in [9.17, 15) is 18.0 Å². The summed E-state index contributed by atoms with van der Waals surface area (Å²) in [7, 11) is -3.87. The van der Waals surface area contributed by atoms with Crippen LogP contribution in [0.1, 0.15) is 0 Å². The molecule has 0 aromatic heterocycles. The molecular weight excluding hydrogens is 328 g/mol. The van der Waals surface area contributed by atoms with Gasteiger partial charge >= 0.3 is 11.9 Å². The van der Waals surface area contributed by atoms with Gasteiger partial charge in [-0.3, -0.25) is 9.59 Å². The van der Waals surface area contributed by atoms with Crippen LogP contribution in [0, 0.1) is 0 Å². The molecule has 0 aliphatic heterocycles. The van der Waals surface area contributed by atoms with Gasteiger partial charge in [0, 0.05) is 4.90 Å². The van der Waals surface area contributed by atoms with Crippen molar-refractivity contribution < 1.29 is 28.2 Å². The fourth-order valence-corrected chi connectivity index (χ4v) is 3.61. The summed E-state index contributed by atoms with van der Waals surface area (Å²) in [5.41, 5.74) is 0. The molecule has 2 rings (SSSR count). The van der Waals surface area contributed by atoms with Gasteiger partial charge < -0.3 is 10.2 Å². The lowest BCUT2D eigenvalue weighted by Crippen LogP contribution is -2.15. The van der Waals surface area contributed by atoms with Gasteiger partial charge in [0.2, 0.25) is 0 Å². The number of carboxylic acid groups (broad SMARTS) is 2. The summed E-state index contributed by atoms with van der Waals surface area (Å²) in [6, 6.07) is 9.49. The fraction of sp³-hybridized carbons (Fsp3) is 0.143. The molecule has 22 heavy (non-hydrogen) atoms. The normalized spacial score (nSPS) is 11.5. The Bertz CT molecular complexity index is 842. The van der Waals surface area contributed by atoms with Crippen molar-refractivity contribution in [2.24, 2.45) is 0 Å². The maximum Gasteiger partial charge on any atom is 0.319 e. The van der Waals surface area contributed by atoms with E-state index in [1.807, 2.05) is 0 Å². The van der Waals surface area contributed by atoms with Gasteiger partial charge in [-0.2, -0.15) is 0 Å². The lowest BCUT2D eigenvalue weighted by molar-refractivity contribution is -0.135. The smallest absolute Gasteiger partial charge is 0.319 e. The maximum atomic E-state index is 11.9. The van der Waals surface area contributed by atoms with E-state index in [1.165, 1.54) is 23.9 Å². The first-order valence-electron chi connectivity index (χ1n) is 6.11. The summed E-state index contributed by atoms with van der Waals surface area (Å²) in [6.45, 7) is 0. The standard InChI is InChI=1S/C14H12O6S2/c15-13(16)7-21-11-3-1-10-6-12(4-2-9(10)5-11)22(19,20)8-14(17)18/h1-6H,7-8H2,(H,15,16)(H,17,18). The first-order valence-corrected chi connectivity index (χ1v) is 8.75. The Labute approximate surface area is 130 Å². The zero-order valence-electron chi connectivity index (χ0n) is 11.2. The van der Waals surface area contributed by atoms with Crippen LogP contribution in [0.4, 0.5) is 0 Å². The molecule has 0 saturated heterocycles. The number of carboxylic acids is 2. The zero-order valence-corrected chi connectivity index (χ0v) is 12.9. The molecule has 0 bridgehead atoms. The molecular formula is C14H12O6S2. The molecule has 6 nitrogen and oxygen atoms in total. The van der Waals surface area contributed by atoms with E-state index in [-0.39, 0.29) is 10.6 Å². The van der Waals surface area contributed by atoms with Crippen LogP contribution in [0.15, 0.2) is 46.2 Å². The summed E-state index contributed by atoms with van der Waals surface area (Å²) in [5, 5.41) is 18.7. The van der Waals surface area contributed by atoms with E-state index >= 15 is 0 Å². The van der Waals surface area contributed by atoms with Crippen molar-refractivity contribution in [3.8, 4) is 0 Å². The molecule has 8 heteroatoms. The highest BCUT2D eigenvalue weighted by Gasteiger charge is 2.19. The SMILES string of the molecule is O=C(O)CSc1ccc2cc(S(=O)(=O)CC(=O)O)ccc2c1. The summed E-state index contributed by atoms with van der Waals surface area (Å²) in [5.74, 6) is -3.33. The molecule has 0 atom stereocenters. The van der Waals surface area contributed by atoms with Crippen LogP contribution in [0.25, 0.3) is 10.8 Å². The monoisotopic (exact) mass is 340 g/mol. The van der Waals surface area contributed by atoms with Gasteiger partial charge in [0.25, 0.3) is 0 Å². The molecule has 2 aromatic carbocycles. The average molecular weight is 340 g/mol. The molecule has 0 aliphatic carbocycles. The second kappa shape index (κ2) is 6.37. The second-order valence-corrected chi connectivity index (χ2v) is 7.54. The lowest BCUT2D eigenvalue weighted by atomic mass is 10.1. The number of aliphatic carboxylic acids is 2. The van der Waals surface area contributed by atoms with E-state index in [2.05, 4.69) is 0 Å². The van der Waals surface area contributed by atoms with Gasteiger partial charge in [0.1, 0.15) is 0 Å². The maximum absolute atomic E-state index is 11.9. The minimum Gasteiger partial charge on any atom is -0.481 e. The van der Waals surface area contributed by atoms with Crippen molar-refractivity contribution in [3.63, 3.8) is 0 Å². The second-order valence-electron chi connectivity index (χ2n) is 4.51. The molecule has 0 unspecified atom stereocenters. The summed E-state index contributed by atoms with van der Waals surface area (Å²) < 4.78 is 23.8. The first kappa shape index (κ1) is 16.3.